The Morgan fingerprint density at radius 1 is 1.07 bits per heavy atom. The fraction of sp³-hybridized carbons (Fsp3) is 0.273. The van der Waals surface area contributed by atoms with E-state index in [2.05, 4.69) is 4.74 Å². The third-order valence-corrected chi connectivity index (χ3v) is 4.60. The number of rotatable bonds is 6. The van der Waals surface area contributed by atoms with Gasteiger partial charge in [-0.2, -0.15) is 0 Å². The molecule has 1 atom stereocenters. The molecule has 0 spiro atoms. The number of methoxy groups -OCH3 is 3. The van der Waals surface area contributed by atoms with Gasteiger partial charge in [0, 0.05) is 17.2 Å². The van der Waals surface area contributed by atoms with Crippen molar-refractivity contribution in [3.63, 3.8) is 0 Å². The molecule has 1 aliphatic heterocycles. The maximum Gasteiger partial charge on any atom is 0.346 e. The minimum atomic E-state index is -0.785. The summed E-state index contributed by atoms with van der Waals surface area (Å²) in [5, 5.41) is 0. The van der Waals surface area contributed by atoms with Gasteiger partial charge in [-0.1, -0.05) is 0 Å². The minimum Gasteiger partial charge on any atom is -0.497 e. The lowest BCUT2D eigenvalue weighted by molar-refractivity contribution is -0.147. The summed E-state index contributed by atoms with van der Waals surface area (Å²) < 4.78 is 26.7. The minimum absolute atomic E-state index is 0.171. The Morgan fingerprint density at radius 3 is 2.48 bits per heavy atom. The second kappa shape index (κ2) is 8.26. The SMILES string of the molecule is COC(=O)[C@H](C)Oc1ccc2c(c1C)O/C(=C\c1ccc(OC)cc1OC)C2=O. The Morgan fingerprint density at radius 2 is 1.83 bits per heavy atom. The molecule has 0 bridgehead atoms. The van der Waals surface area contributed by atoms with Gasteiger partial charge in [0.2, 0.25) is 5.78 Å². The van der Waals surface area contributed by atoms with Gasteiger partial charge in [0.15, 0.2) is 11.9 Å². The average Bonchev–Trinajstić information content (AvgIpc) is 3.05. The van der Waals surface area contributed by atoms with Crippen LogP contribution in [0.3, 0.4) is 0 Å². The summed E-state index contributed by atoms with van der Waals surface area (Å²) >= 11 is 0. The molecule has 0 radical (unpaired) electrons. The highest BCUT2D eigenvalue weighted by Gasteiger charge is 2.31. The molecule has 7 nitrogen and oxygen atoms in total. The zero-order valence-corrected chi connectivity index (χ0v) is 16.9. The van der Waals surface area contributed by atoms with Gasteiger partial charge in [-0.3, -0.25) is 4.79 Å². The van der Waals surface area contributed by atoms with E-state index in [1.54, 1.807) is 64.5 Å². The molecule has 0 amide bonds. The molecule has 0 aliphatic carbocycles. The number of carbonyl (C=O) groups excluding carboxylic acids is 2. The van der Waals surface area contributed by atoms with Crippen molar-refractivity contribution < 1.29 is 33.3 Å². The van der Waals surface area contributed by atoms with Crippen LogP contribution in [0.1, 0.15) is 28.4 Å². The number of benzene rings is 2. The average molecular weight is 398 g/mol. The first-order chi connectivity index (χ1) is 13.9. The van der Waals surface area contributed by atoms with Crippen molar-refractivity contribution >= 4 is 17.8 Å². The van der Waals surface area contributed by atoms with Crippen molar-refractivity contribution in [2.24, 2.45) is 0 Å². The fourth-order valence-corrected chi connectivity index (χ4v) is 2.98. The van der Waals surface area contributed by atoms with Gasteiger partial charge in [-0.15, -0.1) is 0 Å². The molecule has 1 heterocycles. The van der Waals surface area contributed by atoms with Crippen LogP contribution in [0.2, 0.25) is 0 Å². The van der Waals surface area contributed by atoms with Crippen molar-refractivity contribution in [2.75, 3.05) is 21.3 Å². The van der Waals surface area contributed by atoms with E-state index in [-0.39, 0.29) is 11.5 Å². The maximum atomic E-state index is 12.8. The van der Waals surface area contributed by atoms with E-state index < -0.39 is 12.1 Å². The second-order valence-electron chi connectivity index (χ2n) is 6.40. The van der Waals surface area contributed by atoms with E-state index in [9.17, 15) is 9.59 Å². The molecule has 0 saturated carbocycles. The first-order valence-corrected chi connectivity index (χ1v) is 8.94. The number of carbonyl (C=O) groups is 2. The largest absolute Gasteiger partial charge is 0.497 e. The van der Waals surface area contributed by atoms with Crippen molar-refractivity contribution in [3.05, 3.63) is 52.8 Å². The van der Waals surface area contributed by atoms with Crippen molar-refractivity contribution in [3.8, 4) is 23.0 Å². The number of ether oxygens (including phenoxy) is 5. The predicted molar refractivity (Wildman–Crippen MR) is 106 cm³/mol. The van der Waals surface area contributed by atoms with Crippen LogP contribution in [0.4, 0.5) is 0 Å². The van der Waals surface area contributed by atoms with Crippen molar-refractivity contribution in [1.82, 2.24) is 0 Å². The lowest BCUT2D eigenvalue weighted by Crippen LogP contribution is -2.25. The zero-order chi connectivity index (χ0) is 21.1. The summed E-state index contributed by atoms with van der Waals surface area (Å²) in [7, 11) is 4.40. The van der Waals surface area contributed by atoms with Gasteiger partial charge in [0.1, 0.15) is 23.0 Å². The molecule has 2 aromatic rings. The van der Waals surface area contributed by atoms with Crippen LogP contribution in [-0.4, -0.2) is 39.2 Å². The Labute approximate surface area is 168 Å². The van der Waals surface area contributed by atoms with Crippen molar-refractivity contribution in [1.29, 1.82) is 0 Å². The standard InChI is InChI=1S/C22H22O7/c1-12-17(28-13(2)22(24)27-5)9-8-16-20(23)19(29-21(12)16)10-14-6-7-15(25-3)11-18(14)26-4/h6-11,13H,1-5H3/b19-10-/t13-/m0/s1. The number of Topliss-reactive ketones (excluding diaryl/α,β-unsaturated/α-hetero) is 1. The van der Waals surface area contributed by atoms with Gasteiger partial charge in [0.25, 0.3) is 0 Å². The quantitative estimate of drug-likeness (QED) is 0.544. The van der Waals surface area contributed by atoms with Crippen LogP contribution in [-0.2, 0) is 9.53 Å². The highest BCUT2D eigenvalue weighted by molar-refractivity contribution is 6.15. The smallest absolute Gasteiger partial charge is 0.346 e. The highest BCUT2D eigenvalue weighted by atomic mass is 16.6. The first kappa shape index (κ1) is 20.3. The molecule has 3 rings (SSSR count). The van der Waals surface area contributed by atoms with Crippen LogP contribution in [0, 0.1) is 6.92 Å². The van der Waals surface area contributed by atoms with E-state index in [1.807, 2.05) is 0 Å². The van der Waals surface area contributed by atoms with Crippen LogP contribution >= 0.6 is 0 Å². The van der Waals surface area contributed by atoms with Gasteiger partial charge >= 0.3 is 5.97 Å². The van der Waals surface area contributed by atoms with Gasteiger partial charge < -0.3 is 23.7 Å². The normalized spacial score (nSPS) is 14.8. The zero-order valence-electron chi connectivity index (χ0n) is 16.9. The van der Waals surface area contributed by atoms with Crippen LogP contribution in [0.15, 0.2) is 36.1 Å². The molecule has 0 N–H and O–H groups in total. The molecule has 0 saturated heterocycles. The Hall–Kier alpha value is -3.48. The van der Waals surface area contributed by atoms with Crippen molar-refractivity contribution in [2.45, 2.75) is 20.0 Å². The third kappa shape index (κ3) is 3.89. The first-order valence-electron chi connectivity index (χ1n) is 8.94. The van der Waals surface area contributed by atoms with E-state index >= 15 is 0 Å². The number of esters is 1. The Kier molecular flexibility index (Phi) is 5.77. The van der Waals surface area contributed by atoms with Gasteiger partial charge in [-0.25, -0.2) is 4.79 Å². The molecule has 152 valence electrons. The summed E-state index contributed by atoms with van der Waals surface area (Å²) in [6.45, 7) is 3.36. The number of fused-ring (bicyclic) bond motifs is 1. The lowest BCUT2D eigenvalue weighted by atomic mass is 10.1. The van der Waals surface area contributed by atoms with Crippen LogP contribution in [0.25, 0.3) is 6.08 Å². The van der Waals surface area contributed by atoms with Gasteiger partial charge in [-0.05, 0) is 44.2 Å². The van der Waals surface area contributed by atoms with E-state index in [1.165, 1.54) is 7.11 Å². The summed E-state index contributed by atoms with van der Waals surface area (Å²) in [4.78, 5) is 24.4. The monoisotopic (exact) mass is 398 g/mol. The second-order valence-corrected chi connectivity index (χ2v) is 6.40. The molecular formula is C22H22O7. The van der Waals surface area contributed by atoms with E-state index in [4.69, 9.17) is 18.9 Å². The number of allylic oxidation sites excluding steroid dienone is 1. The third-order valence-electron chi connectivity index (χ3n) is 4.60. The number of hydrogen-bond acceptors (Lipinski definition) is 7. The molecule has 2 aromatic carbocycles. The van der Waals surface area contributed by atoms with E-state index in [0.29, 0.717) is 39.7 Å². The summed E-state index contributed by atoms with van der Waals surface area (Å²) in [5.41, 5.74) is 1.73. The summed E-state index contributed by atoms with van der Waals surface area (Å²) in [6, 6.07) is 8.54. The molecule has 29 heavy (non-hydrogen) atoms. The lowest BCUT2D eigenvalue weighted by Gasteiger charge is -2.15. The molecular weight excluding hydrogens is 376 g/mol. The molecule has 0 aromatic heterocycles. The molecule has 7 heteroatoms. The number of ketones is 1. The molecule has 0 fully saturated rings. The maximum absolute atomic E-state index is 12.8. The summed E-state index contributed by atoms with van der Waals surface area (Å²) in [6.07, 6.45) is 0.838. The Balaban J connectivity index is 1.92. The molecule has 0 unspecified atom stereocenters. The summed E-state index contributed by atoms with van der Waals surface area (Å²) in [5.74, 6) is 1.48. The fourth-order valence-electron chi connectivity index (χ4n) is 2.98. The molecule has 1 aliphatic rings. The Bertz CT molecular complexity index is 991. The van der Waals surface area contributed by atoms with Gasteiger partial charge in [0.05, 0.1) is 26.9 Å². The van der Waals surface area contributed by atoms with Crippen LogP contribution in [0.5, 0.6) is 23.0 Å². The topological polar surface area (TPSA) is 80.3 Å². The highest BCUT2D eigenvalue weighted by Crippen LogP contribution is 2.40. The van der Waals surface area contributed by atoms with E-state index in [0.717, 1.165) is 0 Å². The number of hydrogen-bond donors (Lipinski definition) is 0. The van der Waals surface area contributed by atoms with Crippen LogP contribution < -0.4 is 18.9 Å². The predicted octanol–water partition coefficient (Wildman–Crippen LogP) is 3.57.